The molecule has 0 aromatic heterocycles. The molecule has 0 bridgehead atoms. The van der Waals surface area contributed by atoms with Crippen molar-refractivity contribution >= 4 is 18.3 Å². The Morgan fingerprint density at radius 2 is 1.31 bits per heavy atom. The van der Waals surface area contributed by atoms with Crippen molar-refractivity contribution in [3.8, 4) is 0 Å². The van der Waals surface area contributed by atoms with Gasteiger partial charge in [-0.25, -0.2) is 0 Å². The lowest BCUT2D eigenvalue weighted by Crippen LogP contribution is -1.97. The Kier molecular flexibility index (Phi) is 5.67. The van der Waals surface area contributed by atoms with Crippen molar-refractivity contribution in [2.45, 2.75) is 57.8 Å². The molecule has 2 aliphatic rings. The Labute approximate surface area is 103 Å². The van der Waals surface area contributed by atoms with Crippen molar-refractivity contribution in [2.24, 2.45) is 10.2 Å². The van der Waals surface area contributed by atoms with Crippen LogP contribution >= 0.6 is 12.4 Å². The lowest BCUT2D eigenvalue weighted by Gasteiger charge is -2.01. The van der Waals surface area contributed by atoms with Gasteiger partial charge in [0.15, 0.2) is 0 Å². The van der Waals surface area contributed by atoms with Gasteiger partial charge in [-0.1, -0.05) is 32.1 Å². The van der Waals surface area contributed by atoms with Crippen molar-refractivity contribution in [2.75, 3.05) is 0 Å². The number of nitrogens with zero attached hydrogens (tertiary/aromatic N) is 2. The zero-order valence-electron chi connectivity index (χ0n) is 9.57. The highest BCUT2D eigenvalue weighted by Gasteiger charge is 2.20. The fraction of sp³-hybridized carbons (Fsp3) is 0.750. The molecule has 1 aliphatic heterocycles. The van der Waals surface area contributed by atoms with Crippen LogP contribution in [0, 0.1) is 0 Å². The summed E-state index contributed by atoms with van der Waals surface area (Å²) >= 11 is 0. The SMILES string of the molecule is Cl.O=C1N=NC2=C1CCCCCCCCC2. The third-order valence-corrected chi connectivity index (χ3v) is 3.21. The topological polar surface area (TPSA) is 41.8 Å². The second-order valence-corrected chi connectivity index (χ2v) is 4.41. The first-order valence-electron chi connectivity index (χ1n) is 6.06. The smallest absolute Gasteiger partial charge is 0.265 e. The van der Waals surface area contributed by atoms with Gasteiger partial charge in [0.2, 0.25) is 0 Å². The van der Waals surface area contributed by atoms with Crippen molar-refractivity contribution in [1.82, 2.24) is 0 Å². The van der Waals surface area contributed by atoms with Gasteiger partial charge in [-0.05, 0) is 25.7 Å². The summed E-state index contributed by atoms with van der Waals surface area (Å²) in [5.41, 5.74) is 1.87. The predicted octanol–water partition coefficient (Wildman–Crippen LogP) is 4.18. The number of hydrogen-bond acceptors (Lipinski definition) is 2. The molecule has 1 heterocycles. The van der Waals surface area contributed by atoms with E-state index in [2.05, 4.69) is 10.2 Å². The van der Waals surface area contributed by atoms with E-state index in [-0.39, 0.29) is 18.3 Å². The Morgan fingerprint density at radius 1 is 0.750 bits per heavy atom. The average molecular weight is 243 g/mol. The minimum Gasteiger partial charge on any atom is -0.265 e. The van der Waals surface area contributed by atoms with Crippen LogP contribution in [0.1, 0.15) is 57.8 Å². The number of carbonyl (C=O) groups is 1. The van der Waals surface area contributed by atoms with Gasteiger partial charge in [-0.3, -0.25) is 4.79 Å². The summed E-state index contributed by atoms with van der Waals surface area (Å²) in [5.74, 6) is -0.0794. The molecule has 4 heteroatoms. The van der Waals surface area contributed by atoms with Crippen LogP contribution in [0.25, 0.3) is 0 Å². The van der Waals surface area contributed by atoms with Crippen LogP contribution in [0.2, 0.25) is 0 Å². The van der Waals surface area contributed by atoms with E-state index in [1.54, 1.807) is 0 Å². The number of rotatable bonds is 0. The second kappa shape index (κ2) is 6.79. The third-order valence-electron chi connectivity index (χ3n) is 3.21. The quantitative estimate of drug-likeness (QED) is 0.628. The first kappa shape index (κ1) is 13.4. The summed E-state index contributed by atoms with van der Waals surface area (Å²) in [6, 6.07) is 0. The summed E-state index contributed by atoms with van der Waals surface area (Å²) in [7, 11) is 0. The summed E-state index contributed by atoms with van der Waals surface area (Å²) in [4.78, 5) is 11.4. The van der Waals surface area contributed by atoms with Gasteiger partial charge in [-0.2, -0.15) is 5.11 Å². The second-order valence-electron chi connectivity index (χ2n) is 4.41. The van der Waals surface area contributed by atoms with Gasteiger partial charge in [0.1, 0.15) is 0 Å². The normalized spacial score (nSPS) is 22.4. The van der Waals surface area contributed by atoms with Gasteiger partial charge >= 0.3 is 0 Å². The maximum atomic E-state index is 11.4. The molecule has 2 rings (SSSR count). The molecule has 3 nitrogen and oxygen atoms in total. The van der Waals surface area contributed by atoms with Gasteiger partial charge in [0.25, 0.3) is 5.91 Å². The van der Waals surface area contributed by atoms with E-state index in [9.17, 15) is 4.79 Å². The van der Waals surface area contributed by atoms with Gasteiger partial charge in [-0.15, -0.1) is 17.5 Å². The van der Waals surface area contributed by atoms with Crippen molar-refractivity contribution in [1.29, 1.82) is 0 Å². The zero-order valence-corrected chi connectivity index (χ0v) is 10.4. The number of allylic oxidation sites excluding steroid dienone is 1. The van der Waals surface area contributed by atoms with Crippen molar-refractivity contribution in [3.63, 3.8) is 0 Å². The summed E-state index contributed by atoms with van der Waals surface area (Å²) in [6.07, 6.45) is 10.6. The molecule has 16 heavy (non-hydrogen) atoms. The molecule has 0 radical (unpaired) electrons. The fourth-order valence-corrected chi connectivity index (χ4v) is 2.28. The molecule has 0 N–H and O–H groups in total. The standard InChI is InChI=1S/C12H18N2O.ClH/c15-12-10-8-6-4-2-1-3-5-7-9-11(10)13-14-12;/h1-9H2;1H. The molecule has 90 valence electrons. The largest absolute Gasteiger partial charge is 0.293 e. The van der Waals surface area contributed by atoms with Gasteiger partial charge in [0, 0.05) is 5.57 Å². The van der Waals surface area contributed by atoms with Crippen molar-refractivity contribution < 1.29 is 4.79 Å². The zero-order chi connectivity index (χ0) is 10.5. The first-order chi connectivity index (χ1) is 7.38. The molecule has 0 saturated heterocycles. The number of hydrogen-bond donors (Lipinski definition) is 0. The lowest BCUT2D eigenvalue weighted by molar-refractivity contribution is -0.114. The van der Waals surface area contributed by atoms with E-state index in [4.69, 9.17) is 0 Å². The van der Waals surface area contributed by atoms with Gasteiger partial charge < -0.3 is 0 Å². The Balaban J connectivity index is 0.00000128. The summed E-state index contributed by atoms with van der Waals surface area (Å²) in [6.45, 7) is 0. The summed E-state index contributed by atoms with van der Waals surface area (Å²) in [5, 5.41) is 7.66. The molecule has 0 spiro atoms. The van der Waals surface area contributed by atoms with Crippen LogP contribution in [0.3, 0.4) is 0 Å². The van der Waals surface area contributed by atoms with Crippen LogP contribution < -0.4 is 0 Å². The lowest BCUT2D eigenvalue weighted by atomic mass is 10.0. The Morgan fingerprint density at radius 3 is 2.00 bits per heavy atom. The van der Waals surface area contributed by atoms with E-state index in [0.717, 1.165) is 37.0 Å². The fourth-order valence-electron chi connectivity index (χ4n) is 2.28. The minimum atomic E-state index is -0.0794. The summed E-state index contributed by atoms with van der Waals surface area (Å²) < 4.78 is 0. The highest BCUT2D eigenvalue weighted by atomic mass is 35.5. The molecule has 0 atom stereocenters. The molecular weight excluding hydrogens is 224 g/mol. The average Bonchev–Trinajstić information content (AvgIpc) is 2.56. The van der Waals surface area contributed by atoms with E-state index in [1.807, 2.05) is 0 Å². The van der Waals surface area contributed by atoms with Crippen LogP contribution in [-0.2, 0) is 4.79 Å². The minimum absolute atomic E-state index is 0. The maximum Gasteiger partial charge on any atom is 0.293 e. The Bertz CT molecular complexity index is 298. The van der Waals surface area contributed by atoms with Crippen LogP contribution in [0.15, 0.2) is 21.5 Å². The van der Waals surface area contributed by atoms with E-state index < -0.39 is 0 Å². The van der Waals surface area contributed by atoms with Crippen LogP contribution in [-0.4, -0.2) is 5.91 Å². The molecule has 0 unspecified atom stereocenters. The van der Waals surface area contributed by atoms with Gasteiger partial charge in [0.05, 0.1) is 5.70 Å². The number of carbonyl (C=O) groups excluding carboxylic acids is 1. The molecule has 0 aromatic rings. The van der Waals surface area contributed by atoms with E-state index in [1.165, 1.54) is 32.1 Å². The Hall–Kier alpha value is -0.700. The number of amides is 1. The molecule has 1 amide bonds. The molecule has 0 saturated carbocycles. The molecule has 1 aliphatic carbocycles. The number of halogens is 1. The predicted molar refractivity (Wildman–Crippen MR) is 65.7 cm³/mol. The van der Waals surface area contributed by atoms with Crippen LogP contribution in [0.5, 0.6) is 0 Å². The molecule has 0 fully saturated rings. The monoisotopic (exact) mass is 242 g/mol. The highest BCUT2D eigenvalue weighted by molar-refractivity contribution is 5.96. The molecular formula is C12H19ClN2O. The van der Waals surface area contributed by atoms with Crippen LogP contribution in [0.4, 0.5) is 0 Å². The van der Waals surface area contributed by atoms with Crippen molar-refractivity contribution in [3.05, 3.63) is 11.3 Å². The number of azo groups is 1. The first-order valence-corrected chi connectivity index (χ1v) is 6.06. The van der Waals surface area contributed by atoms with E-state index in [0.29, 0.717) is 0 Å². The maximum absolute atomic E-state index is 11.4. The third kappa shape index (κ3) is 3.41. The molecule has 0 aromatic carbocycles. The van der Waals surface area contributed by atoms with E-state index >= 15 is 0 Å². The highest BCUT2D eigenvalue weighted by Crippen LogP contribution is 2.27.